The lowest BCUT2D eigenvalue weighted by Gasteiger charge is -2.39. The molecule has 4 heterocycles. The second kappa shape index (κ2) is 9.31. The largest absolute Gasteiger partial charge is 0.435 e. The van der Waals surface area contributed by atoms with Crippen molar-refractivity contribution in [3.05, 3.63) is 42.2 Å². The first-order chi connectivity index (χ1) is 16.8. The minimum atomic E-state index is -2.88. The molecule has 8 nitrogen and oxygen atoms in total. The lowest BCUT2D eigenvalue weighted by Crippen LogP contribution is -2.42. The first-order valence-electron chi connectivity index (χ1n) is 11.3. The van der Waals surface area contributed by atoms with Gasteiger partial charge in [-0.05, 0) is 30.5 Å². The van der Waals surface area contributed by atoms with Crippen LogP contribution >= 0.6 is 0 Å². The van der Waals surface area contributed by atoms with Gasteiger partial charge in [-0.25, -0.2) is 23.4 Å². The smallest absolute Gasteiger partial charge is 0.387 e. The molecule has 1 aromatic carbocycles. The standard InChI is InChI=1S/C23H24F4N6O2/c24-18(25)13-33-21-17(10-29-33)28-11-19(30-21)31-7-5-23(6-8-31)9-20(34)32(14-23)12-15-1-3-16(4-2-15)35-22(26)27/h1-4,10-11,18,22H,5-9,12-14H2. The van der Waals surface area contributed by atoms with Crippen molar-refractivity contribution in [3.8, 4) is 5.75 Å². The molecule has 5 rings (SSSR count). The van der Waals surface area contributed by atoms with E-state index in [9.17, 15) is 22.4 Å². The number of aromatic nitrogens is 4. The van der Waals surface area contributed by atoms with Gasteiger partial charge in [0.25, 0.3) is 6.43 Å². The van der Waals surface area contributed by atoms with Gasteiger partial charge in [0.1, 0.15) is 23.6 Å². The van der Waals surface area contributed by atoms with Crippen LogP contribution in [-0.2, 0) is 17.9 Å². The quantitative estimate of drug-likeness (QED) is 0.468. The minimum Gasteiger partial charge on any atom is -0.435 e. The molecule has 0 aliphatic carbocycles. The molecule has 2 aliphatic heterocycles. The van der Waals surface area contributed by atoms with Crippen molar-refractivity contribution in [2.45, 2.75) is 45.4 Å². The number of hydrogen-bond acceptors (Lipinski definition) is 6. The predicted molar refractivity (Wildman–Crippen MR) is 118 cm³/mol. The summed E-state index contributed by atoms with van der Waals surface area (Å²) in [4.78, 5) is 25.5. The van der Waals surface area contributed by atoms with Crippen LogP contribution in [0.15, 0.2) is 36.7 Å². The Morgan fingerprint density at radius 3 is 2.49 bits per heavy atom. The Balaban J connectivity index is 1.21. The molecule has 0 bridgehead atoms. The van der Waals surface area contributed by atoms with Crippen LogP contribution in [-0.4, -0.2) is 63.2 Å². The average molecular weight is 492 g/mol. The average Bonchev–Trinajstić information content (AvgIpc) is 3.35. The van der Waals surface area contributed by atoms with Crippen LogP contribution in [0, 0.1) is 5.41 Å². The maximum Gasteiger partial charge on any atom is 0.387 e. The number of amides is 1. The van der Waals surface area contributed by atoms with Crippen molar-refractivity contribution in [1.82, 2.24) is 24.6 Å². The van der Waals surface area contributed by atoms with Crippen molar-refractivity contribution in [3.63, 3.8) is 0 Å². The number of halogens is 4. The number of anilines is 1. The highest BCUT2D eigenvalue weighted by atomic mass is 19.3. The van der Waals surface area contributed by atoms with Crippen LogP contribution in [0.4, 0.5) is 23.4 Å². The van der Waals surface area contributed by atoms with Gasteiger partial charge in [-0.3, -0.25) is 4.79 Å². The molecular formula is C23H24F4N6O2. The van der Waals surface area contributed by atoms with Gasteiger partial charge in [0.05, 0.1) is 12.4 Å². The number of ether oxygens (including phenoxy) is 1. The van der Waals surface area contributed by atoms with E-state index in [2.05, 4.69) is 24.7 Å². The van der Waals surface area contributed by atoms with E-state index in [1.807, 2.05) is 4.90 Å². The second-order valence-electron chi connectivity index (χ2n) is 9.09. The molecule has 2 saturated heterocycles. The highest BCUT2D eigenvalue weighted by molar-refractivity contribution is 5.79. The summed E-state index contributed by atoms with van der Waals surface area (Å²) in [6, 6.07) is 6.32. The predicted octanol–water partition coefficient (Wildman–Crippen LogP) is 3.71. The molecule has 0 atom stereocenters. The van der Waals surface area contributed by atoms with Gasteiger partial charge in [-0.15, -0.1) is 0 Å². The van der Waals surface area contributed by atoms with Gasteiger partial charge in [0.2, 0.25) is 5.91 Å². The summed E-state index contributed by atoms with van der Waals surface area (Å²) in [5.74, 6) is 0.762. The number of fused-ring (bicyclic) bond motifs is 1. The number of carbonyl (C=O) groups excluding carboxylic acids is 1. The maximum atomic E-state index is 12.8. The monoisotopic (exact) mass is 492 g/mol. The number of benzene rings is 1. The first kappa shape index (κ1) is 23.3. The van der Waals surface area contributed by atoms with Gasteiger partial charge >= 0.3 is 6.61 Å². The molecule has 35 heavy (non-hydrogen) atoms. The lowest BCUT2D eigenvalue weighted by atomic mass is 9.77. The van der Waals surface area contributed by atoms with E-state index in [4.69, 9.17) is 0 Å². The molecular weight excluding hydrogens is 468 g/mol. The van der Waals surface area contributed by atoms with E-state index in [0.717, 1.165) is 18.4 Å². The normalized spacial score (nSPS) is 17.9. The molecule has 2 fully saturated rings. The van der Waals surface area contributed by atoms with Crippen molar-refractivity contribution in [1.29, 1.82) is 0 Å². The zero-order valence-electron chi connectivity index (χ0n) is 18.8. The number of likely N-dealkylation sites (tertiary alicyclic amines) is 1. The number of carbonyl (C=O) groups is 1. The van der Waals surface area contributed by atoms with E-state index >= 15 is 0 Å². The van der Waals surface area contributed by atoms with Crippen molar-refractivity contribution in [2.24, 2.45) is 5.41 Å². The molecule has 3 aromatic rings. The van der Waals surface area contributed by atoms with Crippen molar-refractivity contribution < 1.29 is 27.1 Å². The number of hydrogen-bond donors (Lipinski definition) is 0. The number of nitrogens with zero attached hydrogens (tertiary/aromatic N) is 6. The van der Waals surface area contributed by atoms with Crippen LogP contribution in [0.5, 0.6) is 5.75 Å². The Labute approximate surface area is 198 Å². The second-order valence-corrected chi connectivity index (χ2v) is 9.09. The summed E-state index contributed by atoms with van der Waals surface area (Å²) >= 11 is 0. The summed E-state index contributed by atoms with van der Waals surface area (Å²) in [6.07, 6.45) is 2.54. The summed E-state index contributed by atoms with van der Waals surface area (Å²) < 4.78 is 55.9. The van der Waals surface area contributed by atoms with Crippen LogP contribution in [0.1, 0.15) is 24.8 Å². The Morgan fingerprint density at radius 1 is 1.06 bits per heavy atom. The van der Waals surface area contributed by atoms with E-state index in [0.29, 0.717) is 49.6 Å². The molecule has 1 amide bonds. The number of alkyl halides is 4. The van der Waals surface area contributed by atoms with Gasteiger partial charge < -0.3 is 14.5 Å². The van der Waals surface area contributed by atoms with Crippen LogP contribution in [0.25, 0.3) is 11.2 Å². The topological polar surface area (TPSA) is 76.4 Å². The summed E-state index contributed by atoms with van der Waals surface area (Å²) in [7, 11) is 0. The zero-order chi connectivity index (χ0) is 24.6. The summed E-state index contributed by atoms with van der Waals surface area (Å²) in [5, 5.41) is 3.96. The van der Waals surface area contributed by atoms with E-state index < -0.39 is 19.6 Å². The fourth-order valence-corrected chi connectivity index (χ4v) is 4.92. The van der Waals surface area contributed by atoms with Gasteiger partial charge in [-0.1, -0.05) is 12.1 Å². The third-order valence-corrected chi connectivity index (χ3v) is 6.72. The SMILES string of the molecule is O=C1CC2(CCN(c3cnc4cnn(CC(F)F)c4n3)CC2)CN1Cc1ccc(OC(F)F)cc1. The first-order valence-corrected chi connectivity index (χ1v) is 11.3. The highest BCUT2D eigenvalue weighted by Gasteiger charge is 2.45. The third-order valence-electron chi connectivity index (χ3n) is 6.72. The molecule has 1 spiro atoms. The molecule has 2 aromatic heterocycles. The zero-order valence-corrected chi connectivity index (χ0v) is 18.8. The molecule has 0 unspecified atom stereocenters. The molecule has 12 heteroatoms. The fourth-order valence-electron chi connectivity index (χ4n) is 4.92. The van der Waals surface area contributed by atoms with E-state index in [1.54, 1.807) is 18.3 Å². The molecule has 0 radical (unpaired) electrons. The van der Waals surface area contributed by atoms with Gasteiger partial charge in [0.15, 0.2) is 5.65 Å². The molecule has 2 aliphatic rings. The molecule has 0 N–H and O–H groups in total. The minimum absolute atomic E-state index is 0.0727. The lowest BCUT2D eigenvalue weighted by molar-refractivity contribution is -0.128. The molecule has 0 saturated carbocycles. The van der Waals surface area contributed by atoms with Crippen LogP contribution < -0.4 is 9.64 Å². The number of piperidine rings is 1. The third kappa shape index (κ3) is 5.01. The van der Waals surface area contributed by atoms with E-state index in [1.165, 1.54) is 23.0 Å². The Morgan fingerprint density at radius 2 is 1.80 bits per heavy atom. The van der Waals surface area contributed by atoms with Crippen LogP contribution in [0.2, 0.25) is 0 Å². The van der Waals surface area contributed by atoms with E-state index in [-0.39, 0.29) is 17.1 Å². The van der Waals surface area contributed by atoms with Crippen molar-refractivity contribution >= 4 is 22.9 Å². The summed E-state index contributed by atoms with van der Waals surface area (Å²) in [6.45, 7) is -1.03. The van der Waals surface area contributed by atoms with Gasteiger partial charge in [-0.2, -0.15) is 13.9 Å². The summed E-state index contributed by atoms with van der Waals surface area (Å²) in [5.41, 5.74) is 1.50. The fraction of sp³-hybridized carbons (Fsp3) is 0.478. The van der Waals surface area contributed by atoms with Crippen molar-refractivity contribution in [2.75, 3.05) is 24.5 Å². The molecule has 186 valence electrons. The maximum absolute atomic E-state index is 12.8. The Hall–Kier alpha value is -3.44. The number of rotatable bonds is 7. The van der Waals surface area contributed by atoms with Crippen LogP contribution in [0.3, 0.4) is 0 Å². The Bertz CT molecular complexity index is 1190. The Kier molecular flexibility index (Phi) is 6.20. The van der Waals surface area contributed by atoms with Gasteiger partial charge in [0, 0.05) is 38.0 Å². The highest BCUT2D eigenvalue weighted by Crippen LogP contribution is 2.42.